The molecule has 0 bridgehead atoms. The third-order valence-corrected chi connectivity index (χ3v) is 12.7. The zero-order valence-corrected chi connectivity index (χ0v) is 32.0. The molecule has 0 unspecified atom stereocenters. The van der Waals surface area contributed by atoms with Crippen LogP contribution in [0, 0.1) is 0 Å². The standard InChI is InChI=1S/C57H34N2/c1-2-15-40(16-3-1)59-52-25-7-6-24-51(52)58-57(59)49-33-32-41(42-17-4-5-18-43(42)49)35-26-28-36(29-27-35)50-34-39-14-10-21-45-44-19-8-12-37-30-31-38-13-9-20-46(54(38)53(37)44)47-22-11-23-48(50)56(47)55(39)45/h1-34H. The molecule has 59 heavy (non-hydrogen) atoms. The van der Waals surface area contributed by atoms with Crippen molar-refractivity contribution >= 4 is 86.4 Å². The summed E-state index contributed by atoms with van der Waals surface area (Å²) in [5, 5.41) is 18.0. The zero-order valence-electron chi connectivity index (χ0n) is 32.0. The van der Waals surface area contributed by atoms with Gasteiger partial charge < -0.3 is 0 Å². The summed E-state index contributed by atoms with van der Waals surface area (Å²) in [6, 6.07) is 75.8. The first-order valence-corrected chi connectivity index (χ1v) is 20.4. The van der Waals surface area contributed by atoms with E-state index in [1.54, 1.807) is 0 Å². The maximum absolute atomic E-state index is 5.22. The van der Waals surface area contributed by atoms with Crippen LogP contribution in [0.2, 0.25) is 0 Å². The molecule has 0 aliphatic heterocycles. The van der Waals surface area contributed by atoms with Crippen molar-refractivity contribution in [3.8, 4) is 39.3 Å². The average molecular weight is 747 g/mol. The number of imidazole rings is 1. The van der Waals surface area contributed by atoms with Crippen molar-refractivity contribution in [2.75, 3.05) is 0 Å². The van der Waals surface area contributed by atoms with Crippen LogP contribution >= 0.6 is 0 Å². The molecular weight excluding hydrogens is 713 g/mol. The third kappa shape index (κ3) is 4.66. The van der Waals surface area contributed by atoms with Crippen molar-refractivity contribution in [1.82, 2.24) is 9.55 Å². The molecule has 2 nitrogen and oxygen atoms in total. The van der Waals surface area contributed by atoms with Crippen LogP contribution in [0.15, 0.2) is 206 Å². The van der Waals surface area contributed by atoms with Gasteiger partial charge in [0.05, 0.1) is 11.0 Å². The topological polar surface area (TPSA) is 17.8 Å². The minimum absolute atomic E-state index is 0.942. The Bertz CT molecular complexity index is 3820. The van der Waals surface area contributed by atoms with Gasteiger partial charge in [0.1, 0.15) is 5.82 Å². The van der Waals surface area contributed by atoms with Crippen LogP contribution in [-0.4, -0.2) is 9.55 Å². The Morgan fingerprint density at radius 2 is 0.797 bits per heavy atom. The molecule has 0 saturated heterocycles. The van der Waals surface area contributed by atoms with Gasteiger partial charge in [0.25, 0.3) is 0 Å². The molecule has 12 aromatic carbocycles. The van der Waals surface area contributed by atoms with Crippen molar-refractivity contribution in [2.45, 2.75) is 0 Å². The van der Waals surface area contributed by atoms with Crippen molar-refractivity contribution in [3.63, 3.8) is 0 Å². The number of benzene rings is 11. The lowest BCUT2D eigenvalue weighted by atomic mass is 9.85. The average Bonchev–Trinajstić information content (AvgIpc) is 3.69. The van der Waals surface area contributed by atoms with E-state index in [-0.39, 0.29) is 0 Å². The molecule has 1 aromatic heterocycles. The van der Waals surface area contributed by atoms with Crippen LogP contribution in [0.1, 0.15) is 0 Å². The molecule has 13 aromatic rings. The Labute approximate surface area is 340 Å². The van der Waals surface area contributed by atoms with Crippen molar-refractivity contribution in [1.29, 1.82) is 0 Å². The zero-order chi connectivity index (χ0) is 38.6. The molecule has 0 aliphatic rings. The Balaban J connectivity index is 1.01. The second-order valence-corrected chi connectivity index (χ2v) is 15.8. The smallest absolute Gasteiger partial charge is 0.146 e. The lowest BCUT2D eigenvalue weighted by molar-refractivity contribution is 1.11. The molecule has 2 heteroatoms. The van der Waals surface area contributed by atoms with Crippen LogP contribution in [0.5, 0.6) is 0 Å². The fourth-order valence-electron chi connectivity index (χ4n) is 10.2. The Morgan fingerprint density at radius 1 is 0.305 bits per heavy atom. The fourth-order valence-corrected chi connectivity index (χ4v) is 10.2. The Kier molecular flexibility index (Phi) is 6.76. The summed E-state index contributed by atoms with van der Waals surface area (Å²) < 4.78 is 2.29. The molecule has 0 spiro atoms. The number of nitrogens with zero attached hydrogens (tertiary/aromatic N) is 2. The summed E-state index contributed by atoms with van der Waals surface area (Å²) in [5.74, 6) is 0.942. The van der Waals surface area contributed by atoms with Gasteiger partial charge >= 0.3 is 0 Å². The molecule has 1 heterocycles. The number of hydrogen-bond acceptors (Lipinski definition) is 1. The van der Waals surface area contributed by atoms with E-state index in [2.05, 4.69) is 211 Å². The van der Waals surface area contributed by atoms with Crippen molar-refractivity contribution < 1.29 is 0 Å². The van der Waals surface area contributed by atoms with Crippen LogP contribution in [-0.2, 0) is 0 Å². The maximum atomic E-state index is 5.22. The SMILES string of the molecule is c1ccc(-n2c(-c3ccc(-c4ccc(-c5cc6cccc7c8cccc9ccc%10cccc(c%11cccc5c%11c67)c%10c98)cc4)c4ccccc34)nc3ccccc32)cc1. The third-order valence-electron chi connectivity index (χ3n) is 12.7. The Morgan fingerprint density at radius 3 is 1.49 bits per heavy atom. The summed E-state index contributed by atoms with van der Waals surface area (Å²) in [4.78, 5) is 5.22. The lowest BCUT2D eigenvalue weighted by Crippen LogP contribution is -1.98. The first-order valence-electron chi connectivity index (χ1n) is 20.4. The predicted molar refractivity (Wildman–Crippen MR) is 251 cm³/mol. The van der Waals surface area contributed by atoms with Gasteiger partial charge in [-0.1, -0.05) is 170 Å². The number of hydrogen-bond donors (Lipinski definition) is 0. The summed E-state index contributed by atoms with van der Waals surface area (Å²) >= 11 is 0. The summed E-state index contributed by atoms with van der Waals surface area (Å²) in [6.07, 6.45) is 0. The van der Waals surface area contributed by atoms with Gasteiger partial charge in [-0.2, -0.15) is 0 Å². The van der Waals surface area contributed by atoms with Crippen LogP contribution < -0.4 is 0 Å². The minimum Gasteiger partial charge on any atom is -0.292 e. The van der Waals surface area contributed by atoms with Crippen molar-refractivity contribution in [2.24, 2.45) is 0 Å². The fraction of sp³-hybridized carbons (Fsp3) is 0. The molecule has 272 valence electrons. The largest absolute Gasteiger partial charge is 0.292 e. The highest BCUT2D eigenvalue weighted by molar-refractivity contribution is 6.38. The predicted octanol–water partition coefficient (Wildman–Crippen LogP) is 15.5. The van der Waals surface area contributed by atoms with Gasteiger partial charge in [-0.25, -0.2) is 4.98 Å². The van der Waals surface area contributed by atoms with Gasteiger partial charge in [0, 0.05) is 11.3 Å². The number of para-hydroxylation sites is 3. The Hall–Kier alpha value is -7.81. The molecule has 0 atom stereocenters. The molecule has 0 radical (unpaired) electrons. The first-order chi connectivity index (χ1) is 29.3. The highest BCUT2D eigenvalue weighted by Gasteiger charge is 2.20. The molecule has 0 fully saturated rings. The molecule has 0 N–H and O–H groups in total. The molecule has 0 saturated carbocycles. The van der Waals surface area contributed by atoms with E-state index in [9.17, 15) is 0 Å². The highest BCUT2D eigenvalue weighted by atomic mass is 15.1. The number of fused-ring (bicyclic) bond motifs is 4. The summed E-state index contributed by atoms with van der Waals surface area (Å²) in [5.41, 5.74) is 9.14. The number of aromatic nitrogens is 2. The van der Waals surface area contributed by atoms with E-state index < -0.39 is 0 Å². The van der Waals surface area contributed by atoms with Crippen LogP contribution in [0.25, 0.3) is 126 Å². The molecule has 13 rings (SSSR count). The lowest BCUT2D eigenvalue weighted by Gasteiger charge is -2.18. The van der Waals surface area contributed by atoms with E-state index in [1.807, 2.05) is 0 Å². The summed E-state index contributed by atoms with van der Waals surface area (Å²) in [6.45, 7) is 0. The minimum atomic E-state index is 0.942. The van der Waals surface area contributed by atoms with Gasteiger partial charge in [-0.05, 0) is 134 Å². The van der Waals surface area contributed by atoms with Crippen molar-refractivity contribution in [3.05, 3.63) is 206 Å². The van der Waals surface area contributed by atoms with E-state index in [0.29, 0.717) is 0 Å². The number of rotatable bonds is 4. The molecule has 0 amide bonds. The van der Waals surface area contributed by atoms with E-state index in [1.165, 1.54) is 97.7 Å². The first kappa shape index (κ1) is 32.3. The highest BCUT2D eigenvalue weighted by Crippen LogP contribution is 2.46. The second-order valence-electron chi connectivity index (χ2n) is 15.8. The molecule has 0 aliphatic carbocycles. The van der Waals surface area contributed by atoms with E-state index in [0.717, 1.165) is 28.1 Å². The monoisotopic (exact) mass is 746 g/mol. The van der Waals surface area contributed by atoms with Gasteiger partial charge in [0.2, 0.25) is 0 Å². The normalized spacial score (nSPS) is 12.1. The van der Waals surface area contributed by atoms with Gasteiger partial charge in [0.15, 0.2) is 0 Å². The quantitative estimate of drug-likeness (QED) is 0.164. The van der Waals surface area contributed by atoms with Gasteiger partial charge in [-0.3, -0.25) is 4.57 Å². The van der Waals surface area contributed by atoms with E-state index >= 15 is 0 Å². The van der Waals surface area contributed by atoms with Crippen LogP contribution in [0.3, 0.4) is 0 Å². The van der Waals surface area contributed by atoms with Crippen LogP contribution in [0.4, 0.5) is 0 Å². The van der Waals surface area contributed by atoms with E-state index in [4.69, 9.17) is 4.98 Å². The van der Waals surface area contributed by atoms with Gasteiger partial charge in [-0.15, -0.1) is 0 Å². The summed E-state index contributed by atoms with van der Waals surface area (Å²) in [7, 11) is 0. The maximum Gasteiger partial charge on any atom is 0.146 e. The molecular formula is C57H34N2. The second kappa shape index (κ2) is 12.3.